The lowest BCUT2D eigenvalue weighted by molar-refractivity contribution is -0.142. The topological polar surface area (TPSA) is 86.0 Å². The van der Waals surface area contributed by atoms with Gasteiger partial charge in [-0.25, -0.2) is 4.98 Å². The number of rotatable bonds is 4. The zero-order valence-corrected chi connectivity index (χ0v) is 9.66. The van der Waals surface area contributed by atoms with E-state index in [2.05, 4.69) is 10.3 Å². The molecule has 6 heteroatoms. The summed E-state index contributed by atoms with van der Waals surface area (Å²) < 4.78 is 0. The van der Waals surface area contributed by atoms with Crippen molar-refractivity contribution in [3.8, 4) is 6.07 Å². The molecule has 5 nitrogen and oxygen atoms in total. The molecule has 0 spiro atoms. The third-order valence-electron chi connectivity index (χ3n) is 2.91. The Hall–Kier alpha value is -1.80. The average molecular weight is 252 g/mol. The van der Waals surface area contributed by atoms with Crippen molar-refractivity contribution in [1.82, 2.24) is 4.98 Å². The van der Waals surface area contributed by atoms with Crippen molar-refractivity contribution in [2.75, 3.05) is 11.9 Å². The van der Waals surface area contributed by atoms with Crippen LogP contribution in [0.3, 0.4) is 0 Å². The molecule has 0 atom stereocenters. The number of nitrogens with zero attached hydrogens (tertiary/aromatic N) is 2. The third kappa shape index (κ3) is 2.17. The van der Waals surface area contributed by atoms with Crippen molar-refractivity contribution in [3.63, 3.8) is 0 Å². The van der Waals surface area contributed by atoms with Gasteiger partial charge in [0.1, 0.15) is 16.9 Å². The molecule has 0 amide bonds. The minimum absolute atomic E-state index is 0.233. The molecule has 0 unspecified atom stereocenters. The van der Waals surface area contributed by atoms with Crippen LogP contribution in [0.1, 0.15) is 18.4 Å². The molecular weight excluding hydrogens is 242 g/mol. The Kier molecular flexibility index (Phi) is 2.90. The van der Waals surface area contributed by atoms with Crippen LogP contribution < -0.4 is 5.32 Å². The maximum Gasteiger partial charge on any atom is 0.311 e. The molecule has 1 aliphatic rings. The Morgan fingerprint density at radius 2 is 2.41 bits per heavy atom. The molecule has 0 aliphatic heterocycles. The molecule has 1 aromatic rings. The summed E-state index contributed by atoms with van der Waals surface area (Å²) in [5.74, 6) is -0.448. The Labute approximate surface area is 103 Å². The summed E-state index contributed by atoms with van der Waals surface area (Å²) in [6, 6.07) is 3.45. The van der Waals surface area contributed by atoms with Gasteiger partial charge in [0, 0.05) is 12.7 Å². The van der Waals surface area contributed by atoms with E-state index in [-0.39, 0.29) is 11.6 Å². The van der Waals surface area contributed by atoms with Crippen LogP contribution in [0, 0.1) is 16.7 Å². The largest absolute Gasteiger partial charge is 0.481 e. The van der Waals surface area contributed by atoms with Gasteiger partial charge in [-0.15, -0.1) is 0 Å². The van der Waals surface area contributed by atoms with Gasteiger partial charge in [-0.1, -0.05) is 11.6 Å². The minimum Gasteiger partial charge on any atom is -0.481 e. The number of pyridine rings is 1. The molecule has 0 saturated heterocycles. The second kappa shape index (κ2) is 4.22. The molecule has 0 radical (unpaired) electrons. The van der Waals surface area contributed by atoms with Crippen LogP contribution in [0.5, 0.6) is 0 Å². The van der Waals surface area contributed by atoms with Crippen LogP contribution >= 0.6 is 11.6 Å². The number of nitrogens with one attached hydrogen (secondary N) is 1. The summed E-state index contributed by atoms with van der Waals surface area (Å²) in [6.45, 7) is 0.282. The highest BCUT2D eigenvalue weighted by molar-refractivity contribution is 6.34. The van der Waals surface area contributed by atoms with E-state index in [9.17, 15) is 4.79 Å². The zero-order valence-electron chi connectivity index (χ0n) is 8.90. The minimum atomic E-state index is -0.808. The van der Waals surface area contributed by atoms with Gasteiger partial charge in [-0.3, -0.25) is 4.79 Å². The standard InChI is InChI=1S/C11H10ClN3O2/c12-8-7(5-13)1-4-14-9(8)15-6-11(2-3-11)10(16)17/h1,4H,2-3,6H2,(H,14,15)(H,16,17). The van der Waals surface area contributed by atoms with E-state index in [0.717, 1.165) is 0 Å². The molecule has 0 bridgehead atoms. The van der Waals surface area contributed by atoms with E-state index >= 15 is 0 Å². The second-order valence-electron chi connectivity index (χ2n) is 4.07. The fraction of sp³-hybridized carbons (Fsp3) is 0.364. The lowest BCUT2D eigenvalue weighted by Gasteiger charge is -2.12. The fourth-order valence-electron chi connectivity index (χ4n) is 1.52. The Balaban J connectivity index is 2.10. The van der Waals surface area contributed by atoms with E-state index < -0.39 is 11.4 Å². The smallest absolute Gasteiger partial charge is 0.311 e. The fourth-order valence-corrected chi connectivity index (χ4v) is 1.74. The van der Waals surface area contributed by atoms with Gasteiger partial charge in [-0.2, -0.15) is 5.26 Å². The summed E-state index contributed by atoms with van der Waals surface area (Å²) in [6.07, 6.45) is 2.78. The van der Waals surface area contributed by atoms with Gasteiger partial charge >= 0.3 is 5.97 Å². The van der Waals surface area contributed by atoms with Crippen LogP contribution in [-0.4, -0.2) is 22.6 Å². The van der Waals surface area contributed by atoms with Crippen LogP contribution in [0.25, 0.3) is 0 Å². The summed E-state index contributed by atoms with van der Waals surface area (Å²) in [7, 11) is 0. The van der Waals surface area contributed by atoms with Gasteiger partial charge in [0.15, 0.2) is 0 Å². The van der Waals surface area contributed by atoms with Crippen molar-refractivity contribution in [3.05, 3.63) is 22.8 Å². The van der Waals surface area contributed by atoms with E-state index in [4.69, 9.17) is 22.0 Å². The summed E-state index contributed by atoms with van der Waals surface area (Å²) in [5, 5.41) is 20.9. The predicted molar refractivity (Wildman–Crippen MR) is 61.8 cm³/mol. The van der Waals surface area contributed by atoms with Gasteiger partial charge in [0.2, 0.25) is 0 Å². The van der Waals surface area contributed by atoms with Crippen molar-refractivity contribution in [1.29, 1.82) is 5.26 Å². The molecule has 2 rings (SSSR count). The molecule has 1 heterocycles. The van der Waals surface area contributed by atoms with E-state index in [0.29, 0.717) is 24.2 Å². The maximum absolute atomic E-state index is 11.0. The molecule has 2 N–H and O–H groups in total. The summed E-state index contributed by atoms with van der Waals surface area (Å²) in [4.78, 5) is 15.0. The molecular formula is C11H10ClN3O2. The summed E-state index contributed by atoms with van der Waals surface area (Å²) >= 11 is 5.94. The lowest BCUT2D eigenvalue weighted by atomic mass is 10.1. The number of aliphatic carboxylic acids is 1. The van der Waals surface area contributed by atoms with Crippen LogP contribution in [0.4, 0.5) is 5.82 Å². The molecule has 17 heavy (non-hydrogen) atoms. The highest BCUT2D eigenvalue weighted by Crippen LogP contribution is 2.46. The van der Waals surface area contributed by atoms with Crippen molar-refractivity contribution in [2.24, 2.45) is 5.41 Å². The van der Waals surface area contributed by atoms with Gasteiger partial charge in [0.05, 0.1) is 11.0 Å². The molecule has 1 fully saturated rings. The molecule has 1 aliphatic carbocycles. The highest BCUT2D eigenvalue weighted by atomic mass is 35.5. The van der Waals surface area contributed by atoms with E-state index in [1.54, 1.807) is 0 Å². The number of anilines is 1. The first-order valence-corrected chi connectivity index (χ1v) is 5.49. The number of halogens is 1. The Morgan fingerprint density at radius 1 is 1.71 bits per heavy atom. The number of nitriles is 1. The Morgan fingerprint density at radius 3 is 2.94 bits per heavy atom. The zero-order chi connectivity index (χ0) is 12.5. The summed E-state index contributed by atoms with van der Waals surface area (Å²) in [5.41, 5.74) is -0.363. The van der Waals surface area contributed by atoms with Crippen LogP contribution in [-0.2, 0) is 4.79 Å². The van der Waals surface area contributed by atoms with Gasteiger partial charge in [-0.05, 0) is 18.9 Å². The monoisotopic (exact) mass is 251 g/mol. The van der Waals surface area contributed by atoms with Gasteiger partial charge in [0.25, 0.3) is 0 Å². The van der Waals surface area contributed by atoms with Crippen molar-refractivity contribution in [2.45, 2.75) is 12.8 Å². The second-order valence-corrected chi connectivity index (χ2v) is 4.45. The first kappa shape index (κ1) is 11.7. The average Bonchev–Trinajstić information content (AvgIpc) is 3.09. The van der Waals surface area contributed by atoms with Crippen molar-refractivity contribution < 1.29 is 9.90 Å². The number of hydrogen-bond acceptors (Lipinski definition) is 4. The number of carboxylic acids is 1. The molecule has 1 saturated carbocycles. The predicted octanol–water partition coefficient (Wildman–Crippen LogP) is 1.88. The molecule has 0 aromatic carbocycles. The first-order valence-electron chi connectivity index (χ1n) is 5.11. The van der Waals surface area contributed by atoms with Crippen LogP contribution in [0.15, 0.2) is 12.3 Å². The Bertz CT molecular complexity index is 506. The quantitative estimate of drug-likeness (QED) is 0.853. The first-order chi connectivity index (χ1) is 8.09. The number of aromatic nitrogens is 1. The van der Waals surface area contributed by atoms with Crippen molar-refractivity contribution >= 4 is 23.4 Å². The lowest BCUT2D eigenvalue weighted by Crippen LogP contribution is -2.24. The molecule has 1 aromatic heterocycles. The number of carbonyl (C=O) groups is 1. The number of carboxylic acid groups (broad SMARTS) is 1. The third-order valence-corrected chi connectivity index (χ3v) is 3.29. The maximum atomic E-state index is 11.0. The normalized spacial score (nSPS) is 16.0. The van der Waals surface area contributed by atoms with Crippen LogP contribution in [0.2, 0.25) is 5.02 Å². The van der Waals surface area contributed by atoms with E-state index in [1.807, 2.05) is 6.07 Å². The SMILES string of the molecule is N#Cc1ccnc(NCC2(C(=O)O)CC2)c1Cl. The van der Waals surface area contributed by atoms with E-state index in [1.165, 1.54) is 12.3 Å². The molecule has 88 valence electrons. The number of hydrogen-bond donors (Lipinski definition) is 2. The van der Waals surface area contributed by atoms with Gasteiger partial charge < -0.3 is 10.4 Å². The highest BCUT2D eigenvalue weighted by Gasteiger charge is 2.50.